The zero-order valence-electron chi connectivity index (χ0n) is 18.3. The molecule has 0 N–H and O–H groups in total. The molecule has 33 heavy (non-hydrogen) atoms. The topological polar surface area (TPSA) is 81.9 Å². The van der Waals surface area contributed by atoms with Gasteiger partial charge in [-0.2, -0.15) is 5.10 Å². The standard InChI is InChI=1S/C25H25N7O/c1-2-5-18(6-3-1)19-9-15-32(30-19)25-17-24(31-14-10-21-20(31)11-16-33-21)28-23(29-25)8-7-22-26-12-4-13-27-22/h1-6,9,12-13,15,17,20-21H,7-8,10-11,14,16H2/t20-,21-/m1/s1. The van der Waals surface area contributed by atoms with Gasteiger partial charge in [-0.15, -0.1) is 0 Å². The van der Waals surface area contributed by atoms with Crippen molar-refractivity contribution in [3.05, 3.63) is 78.8 Å². The summed E-state index contributed by atoms with van der Waals surface area (Å²) in [6, 6.07) is 16.5. The van der Waals surface area contributed by atoms with Crippen molar-refractivity contribution in [3.63, 3.8) is 0 Å². The van der Waals surface area contributed by atoms with Gasteiger partial charge in [0.1, 0.15) is 17.5 Å². The van der Waals surface area contributed by atoms with Crippen LogP contribution in [0.25, 0.3) is 17.1 Å². The van der Waals surface area contributed by atoms with Gasteiger partial charge < -0.3 is 9.64 Å². The Bertz CT molecular complexity index is 1230. The van der Waals surface area contributed by atoms with Gasteiger partial charge in [0.25, 0.3) is 0 Å². The predicted octanol–water partition coefficient (Wildman–Crippen LogP) is 3.27. The average Bonchev–Trinajstić information content (AvgIpc) is 3.61. The van der Waals surface area contributed by atoms with E-state index in [2.05, 4.69) is 27.0 Å². The van der Waals surface area contributed by atoms with Crippen molar-refractivity contribution < 1.29 is 4.74 Å². The van der Waals surface area contributed by atoms with Crippen molar-refractivity contribution in [2.24, 2.45) is 0 Å². The van der Waals surface area contributed by atoms with Gasteiger partial charge in [-0.25, -0.2) is 24.6 Å². The lowest BCUT2D eigenvalue weighted by atomic mass is 10.1. The molecule has 1 aromatic carbocycles. The molecule has 0 radical (unpaired) electrons. The lowest BCUT2D eigenvalue weighted by molar-refractivity contribution is 0.113. The Labute approximate surface area is 192 Å². The minimum absolute atomic E-state index is 0.305. The van der Waals surface area contributed by atoms with E-state index in [-0.39, 0.29) is 0 Å². The van der Waals surface area contributed by atoms with Crippen LogP contribution in [0.3, 0.4) is 0 Å². The number of aromatic nitrogens is 6. The van der Waals surface area contributed by atoms with E-state index >= 15 is 0 Å². The molecule has 3 aromatic heterocycles. The first-order chi connectivity index (χ1) is 16.3. The highest BCUT2D eigenvalue weighted by Crippen LogP contribution is 2.33. The smallest absolute Gasteiger partial charge is 0.159 e. The van der Waals surface area contributed by atoms with Crippen LogP contribution in [0.4, 0.5) is 5.82 Å². The highest BCUT2D eigenvalue weighted by Gasteiger charge is 2.39. The SMILES string of the molecule is c1ccc(-c2ccn(-c3cc(N4CC[C@H]5OCC[C@H]54)nc(CCc4ncccn4)n3)n2)cc1. The third-order valence-electron chi connectivity index (χ3n) is 6.35. The van der Waals surface area contributed by atoms with E-state index in [1.807, 2.05) is 47.3 Å². The molecule has 0 bridgehead atoms. The molecule has 0 saturated carbocycles. The molecule has 0 aliphatic carbocycles. The van der Waals surface area contributed by atoms with Crippen molar-refractivity contribution in [2.75, 3.05) is 18.1 Å². The molecule has 2 aliphatic heterocycles. The number of rotatable bonds is 6. The van der Waals surface area contributed by atoms with E-state index in [9.17, 15) is 0 Å². The van der Waals surface area contributed by atoms with E-state index < -0.39 is 0 Å². The maximum absolute atomic E-state index is 5.91. The predicted molar refractivity (Wildman–Crippen MR) is 124 cm³/mol. The second-order valence-corrected chi connectivity index (χ2v) is 8.42. The zero-order valence-corrected chi connectivity index (χ0v) is 18.3. The van der Waals surface area contributed by atoms with Crippen molar-refractivity contribution in [2.45, 2.75) is 37.8 Å². The van der Waals surface area contributed by atoms with Gasteiger partial charge in [0, 0.05) is 56.2 Å². The number of hydrogen-bond donors (Lipinski definition) is 0. The highest BCUT2D eigenvalue weighted by atomic mass is 16.5. The first kappa shape index (κ1) is 20.0. The Morgan fingerprint density at radius 3 is 2.58 bits per heavy atom. The lowest BCUT2D eigenvalue weighted by Gasteiger charge is -2.24. The van der Waals surface area contributed by atoms with Crippen molar-refractivity contribution in [1.29, 1.82) is 0 Å². The molecule has 4 aromatic rings. The molecule has 2 atom stereocenters. The van der Waals surface area contributed by atoms with Crippen LogP contribution < -0.4 is 4.90 Å². The van der Waals surface area contributed by atoms with Gasteiger partial charge in [-0.1, -0.05) is 30.3 Å². The fourth-order valence-corrected chi connectivity index (χ4v) is 4.73. The lowest BCUT2D eigenvalue weighted by Crippen LogP contribution is -2.33. The second kappa shape index (κ2) is 8.71. The van der Waals surface area contributed by atoms with Crippen LogP contribution >= 0.6 is 0 Å². The molecular formula is C25H25N7O. The van der Waals surface area contributed by atoms with Crippen molar-refractivity contribution in [1.82, 2.24) is 29.7 Å². The quantitative estimate of drug-likeness (QED) is 0.456. The average molecular weight is 440 g/mol. The maximum Gasteiger partial charge on any atom is 0.159 e. The number of aryl methyl sites for hydroxylation is 2. The molecule has 2 aliphatic rings. The first-order valence-electron chi connectivity index (χ1n) is 11.5. The summed E-state index contributed by atoms with van der Waals surface area (Å²) in [7, 11) is 0. The third kappa shape index (κ3) is 4.09. The van der Waals surface area contributed by atoms with E-state index in [4.69, 9.17) is 19.8 Å². The number of nitrogens with zero attached hydrogens (tertiary/aromatic N) is 7. The Morgan fingerprint density at radius 1 is 0.879 bits per heavy atom. The summed E-state index contributed by atoms with van der Waals surface area (Å²) < 4.78 is 7.75. The Balaban J connectivity index is 1.34. The molecule has 0 amide bonds. The number of hydrogen-bond acceptors (Lipinski definition) is 7. The summed E-state index contributed by atoms with van der Waals surface area (Å²) in [6.07, 6.45) is 9.23. The number of benzene rings is 1. The molecule has 5 heterocycles. The van der Waals surface area contributed by atoms with Gasteiger partial charge >= 0.3 is 0 Å². The van der Waals surface area contributed by atoms with Crippen molar-refractivity contribution >= 4 is 5.82 Å². The summed E-state index contributed by atoms with van der Waals surface area (Å²) in [5, 5.41) is 4.80. The summed E-state index contributed by atoms with van der Waals surface area (Å²) in [6.45, 7) is 1.77. The Hall–Kier alpha value is -3.65. The summed E-state index contributed by atoms with van der Waals surface area (Å²) in [4.78, 5) is 20.9. The van der Waals surface area contributed by atoms with Crippen LogP contribution in [0.5, 0.6) is 0 Å². The summed E-state index contributed by atoms with van der Waals surface area (Å²) >= 11 is 0. The third-order valence-corrected chi connectivity index (χ3v) is 6.35. The van der Waals surface area contributed by atoms with E-state index in [1.54, 1.807) is 12.4 Å². The van der Waals surface area contributed by atoms with Gasteiger partial charge in [-0.3, -0.25) is 0 Å². The minimum atomic E-state index is 0.305. The molecule has 0 unspecified atom stereocenters. The largest absolute Gasteiger partial charge is 0.376 e. The van der Waals surface area contributed by atoms with Crippen LogP contribution in [0.1, 0.15) is 24.5 Å². The van der Waals surface area contributed by atoms with Crippen LogP contribution in [-0.2, 0) is 17.6 Å². The van der Waals surface area contributed by atoms with Crippen LogP contribution in [0.15, 0.2) is 67.1 Å². The van der Waals surface area contributed by atoms with Crippen LogP contribution in [0, 0.1) is 0 Å². The molecule has 6 rings (SSSR count). The Morgan fingerprint density at radius 2 is 1.70 bits per heavy atom. The number of ether oxygens (including phenoxy) is 1. The summed E-state index contributed by atoms with van der Waals surface area (Å²) in [5.74, 6) is 3.28. The van der Waals surface area contributed by atoms with E-state index in [0.717, 1.165) is 60.5 Å². The van der Waals surface area contributed by atoms with Crippen molar-refractivity contribution in [3.8, 4) is 17.1 Å². The zero-order chi connectivity index (χ0) is 22.0. The molecule has 2 fully saturated rings. The van der Waals surface area contributed by atoms with Gasteiger partial charge in [0.2, 0.25) is 0 Å². The summed E-state index contributed by atoms with van der Waals surface area (Å²) in [5.41, 5.74) is 2.00. The molecule has 166 valence electrons. The van der Waals surface area contributed by atoms with Crippen LogP contribution in [0.2, 0.25) is 0 Å². The maximum atomic E-state index is 5.91. The monoisotopic (exact) mass is 439 g/mol. The number of anilines is 1. The normalized spacial score (nSPS) is 19.7. The van der Waals surface area contributed by atoms with Gasteiger partial charge in [0.15, 0.2) is 5.82 Å². The minimum Gasteiger partial charge on any atom is -0.376 e. The Kier molecular flexibility index (Phi) is 5.28. The van der Waals surface area contributed by atoms with Gasteiger partial charge in [0.05, 0.1) is 17.8 Å². The molecule has 2 saturated heterocycles. The first-order valence-corrected chi connectivity index (χ1v) is 11.5. The molecule has 8 nitrogen and oxygen atoms in total. The molecule has 8 heteroatoms. The molecular weight excluding hydrogens is 414 g/mol. The van der Waals surface area contributed by atoms with Crippen LogP contribution in [-0.4, -0.2) is 55.0 Å². The fraction of sp³-hybridized carbons (Fsp3) is 0.320. The number of fused-ring (bicyclic) bond motifs is 1. The van der Waals surface area contributed by atoms with Gasteiger partial charge in [-0.05, 0) is 25.0 Å². The fourth-order valence-electron chi connectivity index (χ4n) is 4.73. The van der Waals surface area contributed by atoms with E-state index in [1.165, 1.54) is 0 Å². The highest BCUT2D eigenvalue weighted by molar-refractivity contribution is 5.58. The van der Waals surface area contributed by atoms with E-state index in [0.29, 0.717) is 25.0 Å². The molecule has 0 spiro atoms. The second-order valence-electron chi connectivity index (χ2n) is 8.42.